The SMILES string of the molecule is CO[C@H]1[C@@H](OC)[C@@H](COC(C)=O)O[C@@H](O[C@@H]2CC(=O)[C@@H]3CCN(Cc4cc5c(cc43)OCO5)C(=O)[C@H]2OC(C)=O)[C@@H]1OC(C)=O. The van der Waals surface area contributed by atoms with E-state index in [4.69, 9.17) is 42.6 Å². The molecule has 15 nitrogen and oxygen atoms in total. The van der Waals surface area contributed by atoms with Gasteiger partial charge in [-0.1, -0.05) is 0 Å². The lowest BCUT2D eigenvalue weighted by molar-refractivity contribution is -0.324. The molecule has 4 heterocycles. The van der Waals surface area contributed by atoms with Crippen LogP contribution in [0.25, 0.3) is 0 Å². The van der Waals surface area contributed by atoms with E-state index in [9.17, 15) is 24.0 Å². The molecule has 0 aliphatic carbocycles. The highest BCUT2D eigenvalue weighted by Gasteiger charge is 2.52. The first-order valence-electron chi connectivity index (χ1n) is 14.6. The fourth-order valence-electron chi connectivity index (χ4n) is 6.28. The molecule has 15 heteroatoms. The molecule has 1 aromatic carbocycles. The molecule has 0 N–H and O–H groups in total. The number of carbonyl (C=O) groups is 5. The van der Waals surface area contributed by atoms with E-state index in [-0.39, 0.29) is 38.7 Å². The third-order valence-corrected chi connectivity index (χ3v) is 8.23. The summed E-state index contributed by atoms with van der Waals surface area (Å²) in [6.07, 6.45) is -8.46. The number of amides is 1. The summed E-state index contributed by atoms with van der Waals surface area (Å²) in [5.74, 6) is -2.51. The van der Waals surface area contributed by atoms with Crippen molar-refractivity contribution in [3.63, 3.8) is 0 Å². The molecule has 4 aliphatic rings. The van der Waals surface area contributed by atoms with Crippen molar-refractivity contribution in [2.45, 2.75) is 89.0 Å². The summed E-state index contributed by atoms with van der Waals surface area (Å²) in [7, 11) is 2.75. The zero-order valence-electron chi connectivity index (χ0n) is 25.7. The highest BCUT2D eigenvalue weighted by molar-refractivity contribution is 5.91. The summed E-state index contributed by atoms with van der Waals surface area (Å²) in [6.45, 7) is 3.67. The lowest BCUT2D eigenvalue weighted by Gasteiger charge is -2.45. The number of methoxy groups -OCH3 is 2. The lowest BCUT2D eigenvalue weighted by atomic mass is 9.86. The second-order valence-corrected chi connectivity index (χ2v) is 11.2. The number of ketones is 1. The minimum Gasteiger partial charge on any atom is -0.463 e. The number of fused-ring (bicyclic) bond motifs is 6. The lowest BCUT2D eigenvalue weighted by Crippen LogP contribution is -2.63. The third-order valence-electron chi connectivity index (χ3n) is 8.23. The standard InChI is InChI=1S/C30H37NO14/c1-14(32)39-12-24-25(37-4)27(38-5)28(43-16(3)34)30(45-24)44-23-10-20(35)18-6-7-31(29(36)26(23)42-15(2)33)11-17-8-21-22(9-19(17)18)41-13-40-21/h8-9,18,23-28,30H,6-7,10-13H2,1-5H3/t18-,23-,24-,25+,26+,27+,28-,30-/m1/s1. The molecule has 1 amide bonds. The first-order valence-corrected chi connectivity index (χ1v) is 14.6. The minimum atomic E-state index is -1.55. The maximum absolute atomic E-state index is 14.1. The van der Waals surface area contributed by atoms with Crippen LogP contribution >= 0.6 is 0 Å². The number of benzene rings is 1. The minimum absolute atomic E-state index is 0.0413. The number of carbonyl (C=O) groups excluding carboxylic acids is 5. The molecular weight excluding hydrogens is 598 g/mol. The van der Waals surface area contributed by atoms with Crippen LogP contribution in [-0.4, -0.2) is 112 Å². The van der Waals surface area contributed by atoms with E-state index in [2.05, 4.69) is 0 Å². The molecule has 45 heavy (non-hydrogen) atoms. The fraction of sp³-hybridized carbons (Fsp3) is 0.633. The van der Waals surface area contributed by atoms with Gasteiger partial charge in [-0.3, -0.25) is 24.0 Å². The zero-order valence-corrected chi connectivity index (χ0v) is 25.7. The summed E-state index contributed by atoms with van der Waals surface area (Å²) < 4.78 is 51.0. The molecule has 2 saturated heterocycles. The van der Waals surface area contributed by atoms with Crippen LogP contribution in [0.2, 0.25) is 0 Å². The van der Waals surface area contributed by atoms with E-state index >= 15 is 0 Å². The molecule has 0 radical (unpaired) electrons. The van der Waals surface area contributed by atoms with Gasteiger partial charge in [0.2, 0.25) is 12.9 Å². The molecule has 0 unspecified atom stereocenters. The Labute approximate surface area is 259 Å². The Morgan fingerprint density at radius 3 is 2.24 bits per heavy atom. The molecule has 5 rings (SSSR count). The molecule has 4 aliphatic heterocycles. The van der Waals surface area contributed by atoms with Crippen molar-refractivity contribution < 1.29 is 66.6 Å². The van der Waals surface area contributed by atoms with Gasteiger partial charge in [-0.25, -0.2) is 0 Å². The van der Waals surface area contributed by atoms with Crippen molar-refractivity contribution in [3.05, 3.63) is 23.3 Å². The van der Waals surface area contributed by atoms with Crippen molar-refractivity contribution in [2.24, 2.45) is 0 Å². The van der Waals surface area contributed by atoms with Crippen LogP contribution in [-0.2, 0) is 63.7 Å². The maximum Gasteiger partial charge on any atom is 0.303 e. The predicted octanol–water partition coefficient (Wildman–Crippen LogP) is 0.771. The van der Waals surface area contributed by atoms with E-state index in [1.807, 2.05) is 0 Å². The first-order chi connectivity index (χ1) is 21.5. The summed E-state index contributed by atoms with van der Waals surface area (Å²) in [6, 6.07) is 3.53. The van der Waals surface area contributed by atoms with Gasteiger partial charge in [0.25, 0.3) is 5.91 Å². The van der Waals surface area contributed by atoms with E-state index in [0.717, 1.165) is 12.5 Å². The van der Waals surface area contributed by atoms with Crippen LogP contribution in [0.1, 0.15) is 50.7 Å². The first kappa shape index (κ1) is 32.6. The van der Waals surface area contributed by atoms with Crippen molar-refractivity contribution in [1.82, 2.24) is 4.90 Å². The molecule has 2 fully saturated rings. The molecule has 0 aromatic heterocycles. The fourth-order valence-corrected chi connectivity index (χ4v) is 6.28. The predicted molar refractivity (Wildman–Crippen MR) is 148 cm³/mol. The zero-order chi connectivity index (χ0) is 32.4. The third kappa shape index (κ3) is 6.90. The van der Waals surface area contributed by atoms with Gasteiger partial charge in [-0.05, 0) is 29.7 Å². The van der Waals surface area contributed by atoms with Crippen molar-refractivity contribution in [1.29, 1.82) is 0 Å². The summed E-state index contributed by atoms with van der Waals surface area (Å²) >= 11 is 0. The van der Waals surface area contributed by atoms with Crippen LogP contribution < -0.4 is 9.47 Å². The Balaban J connectivity index is 1.52. The van der Waals surface area contributed by atoms with Crippen LogP contribution in [0.3, 0.4) is 0 Å². The Morgan fingerprint density at radius 2 is 1.60 bits per heavy atom. The number of esters is 3. The summed E-state index contributed by atoms with van der Waals surface area (Å²) in [4.78, 5) is 65.8. The number of ether oxygens (including phenoxy) is 9. The summed E-state index contributed by atoms with van der Waals surface area (Å²) in [5.41, 5.74) is 1.43. The molecular formula is C30H37NO14. The number of nitrogens with zero attached hydrogens (tertiary/aromatic N) is 1. The normalized spacial score (nSPS) is 30.8. The molecule has 2 bridgehead atoms. The van der Waals surface area contributed by atoms with Crippen molar-refractivity contribution in [2.75, 3.05) is 34.2 Å². The highest BCUT2D eigenvalue weighted by atomic mass is 16.7. The smallest absolute Gasteiger partial charge is 0.303 e. The van der Waals surface area contributed by atoms with Gasteiger partial charge in [-0.2, -0.15) is 0 Å². The van der Waals surface area contributed by atoms with Crippen LogP contribution in [0, 0.1) is 0 Å². The van der Waals surface area contributed by atoms with Crippen molar-refractivity contribution in [3.8, 4) is 11.5 Å². The van der Waals surface area contributed by atoms with Gasteiger partial charge in [0.05, 0.1) is 0 Å². The van der Waals surface area contributed by atoms with Crippen LogP contribution in [0.15, 0.2) is 12.1 Å². The molecule has 1 aromatic rings. The van der Waals surface area contributed by atoms with Gasteiger partial charge in [0.15, 0.2) is 23.9 Å². The molecule has 0 saturated carbocycles. The van der Waals surface area contributed by atoms with Crippen LogP contribution in [0.4, 0.5) is 0 Å². The van der Waals surface area contributed by atoms with E-state index in [1.54, 1.807) is 12.1 Å². The monoisotopic (exact) mass is 635 g/mol. The van der Waals surface area contributed by atoms with Crippen molar-refractivity contribution >= 4 is 29.6 Å². The van der Waals surface area contributed by atoms with Crippen LogP contribution in [0.5, 0.6) is 11.5 Å². The second kappa shape index (κ2) is 13.7. The van der Waals surface area contributed by atoms with Gasteiger partial charge in [0.1, 0.15) is 36.8 Å². The number of hydrogen-bond donors (Lipinski definition) is 0. The highest BCUT2D eigenvalue weighted by Crippen LogP contribution is 2.42. The Hall–Kier alpha value is -3.79. The average Bonchev–Trinajstić information content (AvgIpc) is 3.37. The van der Waals surface area contributed by atoms with E-state index < -0.39 is 72.6 Å². The largest absolute Gasteiger partial charge is 0.463 e. The van der Waals surface area contributed by atoms with Gasteiger partial charge in [0, 0.05) is 60.4 Å². The Kier molecular flexibility index (Phi) is 9.91. The quantitative estimate of drug-likeness (QED) is 0.290. The van der Waals surface area contributed by atoms with E-state index in [1.165, 1.54) is 33.0 Å². The number of Topliss-reactive ketones (excluding diaryl/α,β-unsaturated/α-hetero) is 1. The topological polar surface area (TPSA) is 172 Å². The maximum atomic E-state index is 14.1. The van der Waals surface area contributed by atoms with Gasteiger partial charge >= 0.3 is 17.9 Å². The number of hydrogen-bond acceptors (Lipinski definition) is 14. The molecule has 246 valence electrons. The Bertz CT molecular complexity index is 1330. The molecule has 8 atom stereocenters. The summed E-state index contributed by atoms with van der Waals surface area (Å²) in [5, 5.41) is 0. The van der Waals surface area contributed by atoms with Gasteiger partial charge in [-0.15, -0.1) is 0 Å². The Morgan fingerprint density at radius 1 is 0.911 bits per heavy atom. The average molecular weight is 636 g/mol. The molecule has 0 spiro atoms. The number of rotatable bonds is 8. The second-order valence-electron chi connectivity index (χ2n) is 11.2. The van der Waals surface area contributed by atoms with E-state index in [0.29, 0.717) is 23.5 Å². The van der Waals surface area contributed by atoms with Gasteiger partial charge < -0.3 is 47.5 Å².